The van der Waals surface area contributed by atoms with E-state index in [2.05, 4.69) is 11.4 Å². The fourth-order valence-corrected chi connectivity index (χ4v) is 5.20. The van der Waals surface area contributed by atoms with Gasteiger partial charge in [0.1, 0.15) is 0 Å². The van der Waals surface area contributed by atoms with Crippen LogP contribution in [0, 0.1) is 0 Å². The fraction of sp³-hybridized carbons (Fsp3) is 0.400. The summed E-state index contributed by atoms with van der Waals surface area (Å²) in [5.74, 6) is 0.175. The molecule has 0 bridgehead atoms. The van der Waals surface area contributed by atoms with Crippen LogP contribution in [0.1, 0.15) is 35.7 Å². The number of hydrogen-bond donors (Lipinski definition) is 1. The number of nitrogens with one attached hydrogen (secondary N) is 1. The SMILES string of the molecule is CCOC(=O)N1CCC(NC(=O)c2ccccc2SCC(=O)N2CCc3ccccc32)CC1. The molecule has 1 fully saturated rings. The number of para-hydroxylation sites is 1. The predicted molar refractivity (Wildman–Crippen MR) is 129 cm³/mol. The highest BCUT2D eigenvalue weighted by molar-refractivity contribution is 8.00. The van der Waals surface area contributed by atoms with Crippen LogP contribution in [0.25, 0.3) is 0 Å². The number of anilines is 1. The number of amides is 3. The summed E-state index contributed by atoms with van der Waals surface area (Å²) in [6.07, 6.45) is 1.95. The molecule has 33 heavy (non-hydrogen) atoms. The normalized spacial score (nSPS) is 15.8. The number of rotatable bonds is 6. The van der Waals surface area contributed by atoms with Crippen LogP contribution in [0.3, 0.4) is 0 Å². The number of thioether (sulfide) groups is 1. The average molecular weight is 468 g/mol. The van der Waals surface area contributed by atoms with Crippen LogP contribution < -0.4 is 10.2 Å². The van der Waals surface area contributed by atoms with Gasteiger partial charge < -0.3 is 19.9 Å². The van der Waals surface area contributed by atoms with E-state index in [0.717, 1.165) is 17.0 Å². The molecule has 8 heteroatoms. The molecule has 2 aliphatic heterocycles. The number of hydrogen-bond acceptors (Lipinski definition) is 5. The molecule has 2 aliphatic rings. The van der Waals surface area contributed by atoms with Gasteiger partial charge in [0.2, 0.25) is 5.91 Å². The van der Waals surface area contributed by atoms with Crippen LogP contribution in [0.2, 0.25) is 0 Å². The van der Waals surface area contributed by atoms with E-state index < -0.39 is 0 Å². The number of fused-ring (bicyclic) bond motifs is 1. The maximum absolute atomic E-state index is 13.0. The maximum Gasteiger partial charge on any atom is 0.409 e. The number of carbonyl (C=O) groups is 3. The van der Waals surface area contributed by atoms with Gasteiger partial charge in [-0.2, -0.15) is 0 Å². The Bertz CT molecular complexity index is 1020. The molecular formula is C25H29N3O4S. The third kappa shape index (κ3) is 5.50. The fourth-order valence-electron chi connectivity index (χ4n) is 4.28. The van der Waals surface area contributed by atoms with Gasteiger partial charge in [-0.15, -0.1) is 11.8 Å². The van der Waals surface area contributed by atoms with E-state index in [4.69, 9.17) is 4.74 Å². The second-order valence-electron chi connectivity index (χ2n) is 8.14. The van der Waals surface area contributed by atoms with Gasteiger partial charge >= 0.3 is 6.09 Å². The topological polar surface area (TPSA) is 79.0 Å². The first-order valence-electron chi connectivity index (χ1n) is 11.4. The molecule has 0 spiro atoms. The lowest BCUT2D eigenvalue weighted by Crippen LogP contribution is -2.46. The van der Waals surface area contributed by atoms with E-state index in [1.165, 1.54) is 17.3 Å². The van der Waals surface area contributed by atoms with Crippen molar-refractivity contribution in [3.05, 3.63) is 59.7 Å². The number of piperidine rings is 1. The quantitative estimate of drug-likeness (QED) is 0.655. The first-order valence-corrected chi connectivity index (χ1v) is 12.4. The van der Waals surface area contributed by atoms with E-state index in [9.17, 15) is 14.4 Å². The van der Waals surface area contributed by atoms with Crippen LogP contribution in [-0.4, -0.2) is 60.8 Å². The van der Waals surface area contributed by atoms with Crippen LogP contribution in [0.4, 0.5) is 10.5 Å². The zero-order chi connectivity index (χ0) is 23.2. The Kier molecular flexibility index (Phi) is 7.54. The van der Waals surface area contributed by atoms with Crippen LogP contribution in [0.15, 0.2) is 53.4 Å². The van der Waals surface area contributed by atoms with Gasteiger partial charge in [-0.05, 0) is 49.9 Å². The minimum atomic E-state index is -0.297. The van der Waals surface area contributed by atoms with Crippen LogP contribution >= 0.6 is 11.8 Å². The van der Waals surface area contributed by atoms with E-state index >= 15 is 0 Å². The van der Waals surface area contributed by atoms with Crippen molar-refractivity contribution < 1.29 is 19.1 Å². The first-order chi connectivity index (χ1) is 16.1. The number of benzene rings is 2. The van der Waals surface area contributed by atoms with Gasteiger partial charge in [-0.25, -0.2) is 4.79 Å². The zero-order valence-corrected chi connectivity index (χ0v) is 19.6. The highest BCUT2D eigenvalue weighted by Gasteiger charge is 2.27. The molecule has 0 atom stereocenters. The third-order valence-corrected chi connectivity index (χ3v) is 7.09. The van der Waals surface area contributed by atoms with Gasteiger partial charge in [0, 0.05) is 36.3 Å². The van der Waals surface area contributed by atoms with Crippen LogP contribution in [-0.2, 0) is 16.0 Å². The van der Waals surface area contributed by atoms with Crippen molar-refractivity contribution >= 4 is 35.4 Å². The lowest BCUT2D eigenvalue weighted by molar-refractivity contribution is -0.116. The molecule has 1 saturated heterocycles. The molecule has 0 unspecified atom stereocenters. The Balaban J connectivity index is 1.33. The summed E-state index contributed by atoms with van der Waals surface area (Å²) in [7, 11) is 0. The number of nitrogens with zero attached hydrogens (tertiary/aromatic N) is 2. The summed E-state index contributed by atoms with van der Waals surface area (Å²) < 4.78 is 5.05. The van der Waals surface area contributed by atoms with E-state index in [-0.39, 0.29) is 29.7 Å². The maximum atomic E-state index is 13.0. The van der Waals surface area contributed by atoms with Crippen molar-refractivity contribution in [2.75, 3.05) is 36.9 Å². The minimum absolute atomic E-state index is 0.00367. The lowest BCUT2D eigenvalue weighted by atomic mass is 10.0. The van der Waals surface area contributed by atoms with Crippen molar-refractivity contribution in [2.24, 2.45) is 0 Å². The highest BCUT2D eigenvalue weighted by Crippen LogP contribution is 2.30. The Morgan fingerprint density at radius 2 is 1.76 bits per heavy atom. The molecule has 2 aromatic rings. The van der Waals surface area contributed by atoms with E-state index in [1.807, 2.05) is 41.3 Å². The molecule has 0 aliphatic carbocycles. The summed E-state index contributed by atoms with van der Waals surface area (Å²) >= 11 is 1.40. The Labute approximate surface area is 198 Å². The molecule has 4 rings (SSSR count). The molecule has 2 heterocycles. The Hall–Kier alpha value is -3.00. The first kappa shape index (κ1) is 23.2. The molecule has 7 nitrogen and oxygen atoms in total. The molecule has 0 radical (unpaired) electrons. The van der Waals surface area contributed by atoms with Crippen molar-refractivity contribution in [2.45, 2.75) is 37.1 Å². The number of ether oxygens (including phenoxy) is 1. The predicted octanol–water partition coefficient (Wildman–Crippen LogP) is 3.72. The van der Waals surface area contributed by atoms with E-state index in [0.29, 0.717) is 44.6 Å². The molecule has 0 saturated carbocycles. The largest absolute Gasteiger partial charge is 0.450 e. The summed E-state index contributed by atoms with van der Waals surface area (Å²) in [5, 5.41) is 3.10. The lowest BCUT2D eigenvalue weighted by Gasteiger charge is -2.31. The molecule has 2 aromatic carbocycles. The summed E-state index contributed by atoms with van der Waals surface area (Å²) in [5.41, 5.74) is 2.76. The van der Waals surface area contributed by atoms with Gasteiger partial charge in [0.05, 0.1) is 17.9 Å². The second-order valence-corrected chi connectivity index (χ2v) is 9.16. The second kappa shape index (κ2) is 10.7. The summed E-state index contributed by atoms with van der Waals surface area (Å²) in [4.78, 5) is 42.0. The summed E-state index contributed by atoms with van der Waals surface area (Å²) in [6.45, 7) is 3.97. The smallest absolute Gasteiger partial charge is 0.409 e. The molecule has 1 N–H and O–H groups in total. The monoisotopic (exact) mass is 467 g/mol. The van der Waals surface area contributed by atoms with Gasteiger partial charge in [0.15, 0.2) is 0 Å². The molecular weight excluding hydrogens is 438 g/mol. The molecule has 3 amide bonds. The highest BCUT2D eigenvalue weighted by atomic mass is 32.2. The van der Waals surface area contributed by atoms with Crippen LogP contribution in [0.5, 0.6) is 0 Å². The van der Waals surface area contributed by atoms with Crippen molar-refractivity contribution in [1.29, 1.82) is 0 Å². The Morgan fingerprint density at radius 3 is 2.55 bits per heavy atom. The van der Waals surface area contributed by atoms with Crippen molar-refractivity contribution in [1.82, 2.24) is 10.2 Å². The van der Waals surface area contributed by atoms with E-state index in [1.54, 1.807) is 17.9 Å². The Morgan fingerprint density at radius 1 is 1.03 bits per heavy atom. The number of likely N-dealkylation sites (tertiary alicyclic amines) is 1. The van der Waals surface area contributed by atoms with Crippen molar-refractivity contribution in [3.63, 3.8) is 0 Å². The zero-order valence-electron chi connectivity index (χ0n) is 18.8. The standard InChI is InChI=1S/C25H29N3O4S/c1-2-32-25(31)27-14-12-19(13-15-27)26-24(30)20-8-4-6-10-22(20)33-17-23(29)28-16-11-18-7-3-5-9-21(18)28/h3-10,19H,2,11-17H2,1H3,(H,26,30). The molecule has 0 aromatic heterocycles. The summed E-state index contributed by atoms with van der Waals surface area (Å²) in [6, 6.07) is 15.4. The van der Waals surface area contributed by atoms with Gasteiger partial charge in [0.25, 0.3) is 5.91 Å². The molecule has 174 valence electrons. The average Bonchev–Trinajstić information content (AvgIpc) is 3.27. The number of carbonyl (C=O) groups excluding carboxylic acids is 3. The van der Waals surface area contributed by atoms with Crippen molar-refractivity contribution in [3.8, 4) is 0 Å². The van der Waals surface area contributed by atoms with Gasteiger partial charge in [-0.3, -0.25) is 9.59 Å². The third-order valence-electron chi connectivity index (χ3n) is 6.03. The van der Waals surface area contributed by atoms with Gasteiger partial charge in [-0.1, -0.05) is 30.3 Å². The minimum Gasteiger partial charge on any atom is -0.450 e.